The molecule has 0 heterocycles. The van der Waals surface area contributed by atoms with Crippen LogP contribution in [0.4, 0.5) is 4.39 Å². The second-order valence-electron chi connectivity index (χ2n) is 8.69. The van der Waals surface area contributed by atoms with Crippen molar-refractivity contribution in [2.45, 2.75) is 13.8 Å². The molecule has 7 nitrogen and oxygen atoms in total. The lowest BCUT2D eigenvalue weighted by atomic mass is 9.99. The van der Waals surface area contributed by atoms with E-state index < -0.39 is 17.8 Å². The number of ether oxygens (including phenoxy) is 5. The van der Waals surface area contributed by atoms with E-state index >= 15 is 4.39 Å². The maximum absolute atomic E-state index is 15.4. The Hall–Kier alpha value is -4.43. The van der Waals surface area contributed by atoms with Crippen LogP contribution in [0.25, 0.3) is 22.3 Å². The molecule has 0 amide bonds. The molecule has 8 heteroatoms. The van der Waals surface area contributed by atoms with Gasteiger partial charge >= 0.3 is 11.9 Å². The molecule has 3 aromatic carbocycles. The van der Waals surface area contributed by atoms with Crippen LogP contribution in [0, 0.1) is 5.82 Å². The van der Waals surface area contributed by atoms with E-state index in [-0.39, 0.29) is 13.2 Å². The summed E-state index contributed by atoms with van der Waals surface area (Å²) < 4.78 is 42.2. The fourth-order valence-electron chi connectivity index (χ4n) is 3.39. The monoisotopic (exact) mass is 534 g/mol. The summed E-state index contributed by atoms with van der Waals surface area (Å²) in [5.74, 6) is -0.184. The van der Waals surface area contributed by atoms with Gasteiger partial charge in [0, 0.05) is 29.9 Å². The van der Waals surface area contributed by atoms with Crippen molar-refractivity contribution < 1.29 is 37.7 Å². The number of carbonyl (C=O) groups excluding carboxylic acids is 2. The molecule has 0 fully saturated rings. The molecule has 0 atom stereocenters. The van der Waals surface area contributed by atoms with Crippen LogP contribution < -0.4 is 14.2 Å². The number of hydrogen-bond acceptors (Lipinski definition) is 7. The van der Waals surface area contributed by atoms with E-state index in [4.69, 9.17) is 23.7 Å². The highest BCUT2D eigenvalue weighted by Gasteiger charge is 2.13. The molecule has 0 spiro atoms. The van der Waals surface area contributed by atoms with Crippen LogP contribution in [0.15, 0.2) is 85.0 Å². The second kappa shape index (κ2) is 13.9. The van der Waals surface area contributed by atoms with Crippen molar-refractivity contribution in [3.63, 3.8) is 0 Å². The first-order valence-corrected chi connectivity index (χ1v) is 12.2. The molecular formula is C31H31FO7. The summed E-state index contributed by atoms with van der Waals surface area (Å²) in [7, 11) is 1.57. The van der Waals surface area contributed by atoms with Crippen LogP contribution in [0.5, 0.6) is 17.2 Å². The molecule has 0 aliphatic heterocycles. The van der Waals surface area contributed by atoms with Crippen molar-refractivity contribution in [1.82, 2.24) is 0 Å². The summed E-state index contributed by atoms with van der Waals surface area (Å²) in [6, 6.07) is 16.7. The molecule has 3 rings (SSSR count). The van der Waals surface area contributed by atoms with Gasteiger partial charge in [0.25, 0.3) is 0 Å². The van der Waals surface area contributed by atoms with Gasteiger partial charge < -0.3 is 23.7 Å². The average Bonchev–Trinajstić information content (AvgIpc) is 2.91. The van der Waals surface area contributed by atoms with E-state index in [1.54, 1.807) is 75.6 Å². The van der Waals surface area contributed by atoms with Gasteiger partial charge in [-0.1, -0.05) is 37.4 Å². The van der Waals surface area contributed by atoms with Crippen LogP contribution in [0.2, 0.25) is 0 Å². The average molecular weight is 535 g/mol. The minimum atomic E-state index is -0.511. The van der Waals surface area contributed by atoms with Crippen molar-refractivity contribution in [2.75, 3.05) is 33.5 Å². The highest BCUT2D eigenvalue weighted by Crippen LogP contribution is 2.34. The largest absolute Gasteiger partial charge is 0.491 e. The Morgan fingerprint density at radius 3 is 1.85 bits per heavy atom. The van der Waals surface area contributed by atoms with Gasteiger partial charge in [-0.3, -0.25) is 0 Å². The van der Waals surface area contributed by atoms with Gasteiger partial charge in [-0.2, -0.15) is 0 Å². The second-order valence-corrected chi connectivity index (χ2v) is 8.69. The Morgan fingerprint density at radius 1 is 0.692 bits per heavy atom. The number of rotatable bonds is 13. The molecular weight excluding hydrogens is 503 g/mol. The number of carbonyl (C=O) groups is 2. The quantitative estimate of drug-likeness (QED) is 0.112. The van der Waals surface area contributed by atoms with E-state index in [2.05, 4.69) is 13.2 Å². The molecule has 0 aromatic heterocycles. The minimum Gasteiger partial charge on any atom is -0.491 e. The highest BCUT2D eigenvalue weighted by atomic mass is 19.1. The van der Waals surface area contributed by atoms with Crippen LogP contribution in [0.3, 0.4) is 0 Å². The zero-order chi connectivity index (χ0) is 28.4. The summed E-state index contributed by atoms with van der Waals surface area (Å²) in [5.41, 5.74) is 2.89. The molecule has 204 valence electrons. The topological polar surface area (TPSA) is 80.3 Å². The minimum absolute atomic E-state index is 0.0318. The summed E-state index contributed by atoms with van der Waals surface area (Å²) in [4.78, 5) is 23.3. The van der Waals surface area contributed by atoms with Gasteiger partial charge in [0.15, 0.2) is 0 Å². The van der Waals surface area contributed by atoms with Gasteiger partial charge in [0.1, 0.15) is 42.9 Å². The standard InChI is InChI=1S/C31H31FO7/c1-20(2)30(33)38-15-14-37-27-17-24(16-26(19-27)36-13-12-35-5)28-11-8-23(18-29(28)32)22-6-9-25(10-7-22)39-31(34)21(3)4/h6-11,16-19H,1,3,12-15H2,2,4-5H3. The number of hydrogen-bond donors (Lipinski definition) is 0. The summed E-state index contributed by atoms with van der Waals surface area (Å²) in [5, 5.41) is 0. The van der Waals surface area contributed by atoms with Crippen LogP contribution in [-0.4, -0.2) is 45.5 Å². The summed E-state index contributed by atoms with van der Waals surface area (Å²) >= 11 is 0. The third-order valence-corrected chi connectivity index (χ3v) is 5.40. The Bertz CT molecular complexity index is 1350. The van der Waals surface area contributed by atoms with Crippen molar-refractivity contribution in [3.05, 3.63) is 90.8 Å². The Kier molecular flexibility index (Phi) is 10.4. The van der Waals surface area contributed by atoms with Gasteiger partial charge in [0.2, 0.25) is 0 Å². The molecule has 0 bridgehead atoms. The zero-order valence-electron chi connectivity index (χ0n) is 22.3. The molecule has 0 saturated carbocycles. The van der Waals surface area contributed by atoms with Gasteiger partial charge in [-0.05, 0) is 60.9 Å². The molecule has 3 aromatic rings. The van der Waals surface area contributed by atoms with Crippen LogP contribution >= 0.6 is 0 Å². The lowest BCUT2D eigenvalue weighted by Gasteiger charge is -2.14. The first-order valence-electron chi connectivity index (χ1n) is 12.2. The van der Waals surface area contributed by atoms with E-state index in [1.807, 2.05) is 0 Å². The lowest BCUT2D eigenvalue weighted by molar-refractivity contribution is -0.139. The number of methoxy groups -OCH3 is 1. The van der Waals surface area contributed by atoms with Crippen molar-refractivity contribution in [2.24, 2.45) is 0 Å². The molecule has 0 aliphatic rings. The third-order valence-electron chi connectivity index (χ3n) is 5.40. The predicted molar refractivity (Wildman–Crippen MR) is 146 cm³/mol. The van der Waals surface area contributed by atoms with E-state index in [9.17, 15) is 9.59 Å². The maximum Gasteiger partial charge on any atom is 0.338 e. The Balaban J connectivity index is 1.80. The Labute approximate surface area is 227 Å². The fourth-order valence-corrected chi connectivity index (χ4v) is 3.39. The van der Waals surface area contributed by atoms with Gasteiger partial charge in [0.05, 0.1) is 6.61 Å². The van der Waals surface area contributed by atoms with Crippen LogP contribution in [-0.2, 0) is 19.1 Å². The first kappa shape index (κ1) is 29.1. The van der Waals surface area contributed by atoms with Crippen molar-refractivity contribution >= 4 is 11.9 Å². The molecule has 39 heavy (non-hydrogen) atoms. The van der Waals surface area contributed by atoms with E-state index in [0.717, 1.165) is 5.56 Å². The van der Waals surface area contributed by atoms with Crippen molar-refractivity contribution in [1.29, 1.82) is 0 Å². The first-order chi connectivity index (χ1) is 18.7. The normalized spacial score (nSPS) is 10.5. The molecule has 0 N–H and O–H groups in total. The van der Waals surface area contributed by atoms with E-state index in [1.165, 1.54) is 6.07 Å². The maximum atomic E-state index is 15.4. The van der Waals surface area contributed by atoms with Crippen molar-refractivity contribution in [3.8, 4) is 39.5 Å². The highest BCUT2D eigenvalue weighted by molar-refractivity contribution is 5.89. The number of esters is 2. The number of halogens is 1. The van der Waals surface area contributed by atoms with E-state index in [0.29, 0.717) is 58.3 Å². The zero-order valence-corrected chi connectivity index (χ0v) is 22.3. The molecule has 0 unspecified atom stereocenters. The summed E-state index contributed by atoms with van der Waals surface area (Å²) in [6.07, 6.45) is 0. The SMILES string of the molecule is C=C(C)C(=O)OCCOc1cc(OCCOC)cc(-c2ccc(-c3ccc(OC(=O)C(=C)C)cc3)cc2F)c1. The Morgan fingerprint density at radius 2 is 1.28 bits per heavy atom. The van der Waals surface area contributed by atoms with Gasteiger partial charge in [-0.15, -0.1) is 0 Å². The third kappa shape index (κ3) is 8.55. The summed E-state index contributed by atoms with van der Waals surface area (Å²) in [6.45, 7) is 11.0. The van der Waals surface area contributed by atoms with Crippen LogP contribution in [0.1, 0.15) is 13.8 Å². The number of benzene rings is 3. The van der Waals surface area contributed by atoms with Gasteiger partial charge in [-0.25, -0.2) is 14.0 Å². The molecule has 0 saturated heterocycles. The lowest BCUT2D eigenvalue weighted by Crippen LogP contribution is -2.12. The fraction of sp³-hybridized carbons (Fsp3) is 0.226. The smallest absolute Gasteiger partial charge is 0.338 e. The predicted octanol–water partition coefficient (Wildman–Crippen LogP) is 6.16. The molecule has 0 aliphatic carbocycles. The molecule has 0 radical (unpaired) electrons.